The van der Waals surface area contributed by atoms with Crippen LogP contribution in [-0.4, -0.2) is 34.9 Å². The van der Waals surface area contributed by atoms with E-state index in [1.54, 1.807) is 0 Å². The summed E-state index contributed by atoms with van der Waals surface area (Å²) >= 11 is 0. The number of hydrogen-bond donors (Lipinski definition) is 1. The molecule has 1 saturated heterocycles. The Morgan fingerprint density at radius 3 is 2.85 bits per heavy atom. The van der Waals surface area contributed by atoms with Crippen molar-refractivity contribution in [2.24, 2.45) is 11.8 Å². The van der Waals surface area contributed by atoms with Gasteiger partial charge >= 0.3 is 0 Å². The number of piperidine rings is 1. The number of hydrogen-bond acceptors (Lipinski definition) is 3. The Morgan fingerprint density at radius 1 is 1.37 bits per heavy atom. The van der Waals surface area contributed by atoms with Crippen LogP contribution in [0.15, 0.2) is 12.6 Å². The molecule has 1 aliphatic heterocycles. The van der Waals surface area contributed by atoms with Crippen LogP contribution < -0.4 is 0 Å². The number of ketones is 1. The van der Waals surface area contributed by atoms with E-state index < -0.39 is 0 Å². The molecule has 27 heavy (non-hydrogen) atoms. The quantitative estimate of drug-likeness (QED) is 0.864. The van der Waals surface area contributed by atoms with Gasteiger partial charge in [0.15, 0.2) is 0 Å². The summed E-state index contributed by atoms with van der Waals surface area (Å²) in [6, 6.07) is 2.62. The lowest BCUT2D eigenvalue weighted by molar-refractivity contribution is -0.127. The number of nitrogens with zero attached hydrogens (tertiary/aromatic N) is 1. The van der Waals surface area contributed by atoms with Crippen molar-refractivity contribution in [1.29, 1.82) is 0 Å². The van der Waals surface area contributed by atoms with Crippen molar-refractivity contribution in [3.8, 4) is 5.75 Å². The summed E-state index contributed by atoms with van der Waals surface area (Å²) in [6.07, 6.45) is 7.08. The minimum atomic E-state index is -0.159. The number of fused-ring (bicyclic) bond motifs is 1. The average Bonchev–Trinajstić information content (AvgIpc) is 3.43. The van der Waals surface area contributed by atoms with Crippen molar-refractivity contribution in [3.05, 3.63) is 34.9 Å². The molecule has 2 saturated carbocycles. The van der Waals surface area contributed by atoms with Gasteiger partial charge in [0.2, 0.25) is 0 Å². The van der Waals surface area contributed by atoms with Crippen LogP contribution in [-0.2, 0) is 16.6 Å². The normalized spacial score (nSPS) is 32.7. The van der Waals surface area contributed by atoms with Gasteiger partial charge in [-0.15, -0.1) is 0 Å². The number of aryl methyl sites for hydroxylation is 1. The number of carbonyl (C=O) groups excluding carboxylic acids is 1. The first kappa shape index (κ1) is 17.5. The van der Waals surface area contributed by atoms with E-state index in [2.05, 4.69) is 24.5 Å². The molecule has 3 nitrogen and oxygen atoms in total. The number of allylic oxidation sites excluding steroid dienone is 1. The van der Waals surface area contributed by atoms with Crippen LogP contribution in [0.4, 0.5) is 0 Å². The molecule has 0 aromatic heterocycles. The lowest BCUT2D eigenvalue weighted by atomic mass is 9.51. The van der Waals surface area contributed by atoms with Crippen molar-refractivity contribution < 1.29 is 9.90 Å². The minimum Gasteiger partial charge on any atom is -0.507 e. The van der Waals surface area contributed by atoms with E-state index in [9.17, 15) is 9.90 Å². The molecule has 3 atom stereocenters. The first-order valence-corrected chi connectivity index (χ1v) is 10.7. The van der Waals surface area contributed by atoms with Gasteiger partial charge in [-0.25, -0.2) is 0 Å². The summed E-state index contributed by atoms with van der Waals surface area (Å²) < 4.78 is 0. The number of carbonyl (C=O) groups is 1. The van der Waals surface area contributed by atoms with E-state index in [0.29, 0.717) is 29.9 Å². The summed E-state index contributed by atoms with van der Waals surface area (Å²) in [6.45, 7) is 10.6. The summed E-state index contributed by atoms with van der Waals surface area (Å²) in [7, 11) is 0. The van der Waals surface area contributed by atoms with Crippen molar-refractivity contribution in [1.82, 2.24) is 4.90 Å². The lowest BCUT2D eigenvalue weighted by Crippen LogP contribution is -2.62. The third-order valence-electron chi connectivity index (χ3n) is 7.89. The molecule has 2 bridgehead atoms. The Labute approximate surface area is 162 Å². The number of benzene rings is 1. The Kier molecular flexibility index (Phi) is 3.85. The molecule has 5 rings (SSSR count). The fraction of sp³-hybridized carbons (Fsp3) is 0.625. The van der Waals surface area contributed by atoms with E-state index in [-0.39, 0.29) is 5.41 Å². The molecule has 1 aromatic carbocycles. The SMILES string of the molecule is C=C(C)c1cc(C)c(O)c2c1CC1C3CCC(=O)C[C@@]23CCN1CC1CC1. The van der Waals surface area contributed by atoms with Crippen LogP contribution in [0, 0.1) is 18.8 Å². The Balaban J connectivity index is 1.70. The van der Waals surface area contributed by atoms with Crippen molar-refractivity contribution >= 4 is 11.4 Å². The van der Waals surface area contributed by atoms with Crippen LogP contribution in [0.5, 0.6) is 5.75 Å². The molecule has 0 spiro atoms. The van der Waals surface area contributed by atoms with Crippen molar-refractivity contribution in [2.45, 2.75) is 70.3 Å². The van der Waals surface area contributed by atoms with Gasteiger partial charge in [-0.1, -0.05) is 12.2 Å². The maximum Gasteiger partial charge on any atom is 0.133 e. The number of aromatic hydroxyl groups is 1. The van der Waals surface area contributed by atoms with Gasteiger partial charge in [0.1, 0.15) is 11.5 Å². The number of phenolic OH excluding ortho intramolecular Hbond substituents is 1. The van der Waals surface area contributed by atoms with E-state index in [4.69, 9.17) is 0 Å². The molecule has 0 amide bonds. The van der Waals surface area contributed by atoms with E-state index in [0.717, 1.165) is 54.8 Å². The Bertz CT molecular complexity index is 837. The second-order valence-corrected chi connectivity index (χ2v) is 9.70. The van der Waals surface area contributed by atoms with Gasteiger partial charge in [0.05, 0.1) is 0 Å². The zero-order valence-electron chi connectivity index (χ0n) is 16.7. The van der Waals surface area contributed by atoms with Crippen LogP contribution in [0.1, 0.15) is 67.7 Å². The standard InChI is InChI=1S/C24H31NO2/c1-14(2)18-10-15(3)23(27)22-19(18)11-21-20-7-6-17(26)12-24(20,22)8-9-25(21)13-16-4-5-16/h10,16,20-21,27H,1,4-9,11-13H2,2-3H3/t20?,21?,24-/m1/s1. The second-order valence-electron chi connectivity index (χ2n) is 9.70. The van der Waals surface area contributed by atoms with Gasteiger partial charge in [0.25, 0.3) is 0 Å². The fourth-order valence-electron chi connectivity index (χ4n) is 6.48. The smallest absolute Gasteiger partial charge is 0.133 e. The number of phenols is 1. The topological polar surface area (TPSA) is 40.5 Å². The monoisotopic (exact) mass is 365 g/mol. The molecule has 3 heteroatoms. The highest BCUT2D eigenvalue weighted by Gasteiger charge is 2.57. The lowest BCUT2D eigenvalue weighted by Gasteiger charge is -2.59. The second kappa shape index (κ2) is 5.94. The van der Waals surface area contributed by atoms with Crippen molar-refractivity contribution in [3.63, 3.8) is 0 Å². The molecule has 1 aromatic rings. The van der Waals surface area contributed by atoms with Crippen LogP contribution in [0.25, 0.3) is 5.57 Å². The molecular formula is C24H31NO2. The first-order chi connectivity index (χ1) is 12.9. The van der Waals surface area contributed by atoms with Crippen LogP contribution in [0.3, 0.4) is 0 Å². The van der Waals surface area contributed by atoms with Crippen molar-refractivity contribution in [2.75, 3.05) is 13.1 Å². The highest BCUT2D eigenvalue weighted by atomic mass is 16.3. The number of rotatable bonds is 3. The average molecular weight is 366 g/mol. The number of Topliss-reactive ketones (excluding diaryl/α,β-unsaturated/α-hetero) is 1. The Morgan fingerprint density at radius 2 is 2.15 bits per heavy atom. The summed E-state index contributed by atoms with van der Waals surface area (Å²) in [5, 5.41) is 11.1. The number of likely N-dealkylation sites (tertiary alicyclic amines) is 1. The third-order valence-corrected chi connectivity index (χ3v) is 7.89. The largest absolute Gasteiger partial charge is 0.507 e. The molecule has 1 heterocycles. The molecular weight excluding hydrogens is 334 g/mol. The van der Waals surface area contributed by atoms with Crippen LogP contribution >= 0.6 is 0 Å². The highest BCUT2D eigenvalue weighted by molar-refractivity contribution is 5.83. The van der Waals surface area contributed by atoms with Gasteiger partial charge in [-0.2, -0.15) is 0 Å². The van der Waals surface area contributed by atoms with Gasteiger partial charge in [0, 0.05) is 36.4 Å². The molecule has 144 valence electrons. The Hall–Kier alpha value is -1.61. The van der Waals surface area contributed by atoms with Crippen LogP contribution in [0.2, 0.25) is 0 Å². The summed E-state index contributed by atoms with van der Waals surface area (Å²) in [5.74, 6) is 2.21. The van der Waals surface area contributed by atoms with E-state index in [1.807, 2.05) is 6.92 Å². The zero-order chi connectivity index (χ0) is 18.9. The predicted molar refractivity (Wildman–Crippen MR) is 108 cm³/mol. The maximum atomic E-state index is 12.6. The highest BCUT2D eigenvalue weighted by Crippen LogP contribution is 2.58. The zero-order valence-corrected chi connectivity index (χ0v) is 16.7. The summed E-state index contributed by atoms with van der Waals surface area (Å²) in [4.78, 5) is 15.3. The first-order valence-electron chi connectivity index (χ1n) is 10.7. The van der Waals surface area contributed by atoms with E-state index >= 15 is 0 Å². The molecule has 2 unspecified atom stereocenters. The molecule has 1 N–H and O–H groups in total. The predicted octanol–water partition coefficient (Wildman–Crippen LogP) is 4.38. The molecule has 4 aliphatic rings. The molecule has 3 aliphatic carbocycles. The van der Waals surface area contributed by atoms with E-state index in [1.165, 1.54) is 30.5 Å². The van der Waals surface area contributed by atoms with Gasteiger partial charge < -0.3 is 5.11 Å². The molecule has 0 radical (unpaired) electrons. The molecule has 3 fully saturated rings. The van der Waals surface area contributed by atoms with Gasteiger partial charge in [-0.05, 0) is 87.1 Å². The maximum absolute atomic E-state index is 12.6. The fourth-order valence-corrected chi connectivity index (χ4v) is 6.48. The summed E-state index contributed by atoms with van der Waals surface area (Å²) in [5.41, 5.74) is 5.43. The third kappa shape index (κ3) is 2.54. The minimum absolute atomic E-state index is 0.159. The van der Waals surface area contributed by atoms with Gasteiger partial charge in [-0.3, -0.25) is 9.69 Å².